The molecule has 1 amide bonds. The fourth-order valence-electron chi connectivity index (χ4n) is 1.92. The van der Waals surface area contributed by atoms with E-state index in [0.717, 1.165) is 3.57 Å². The third-order valence-corrected chi connectivity index (χ3v) is 4.24. The number of aliphatic hydroxyl groups is 1. The van der Waals surface area contributed by atoms with Crippen LogP contribution >= 0.6 is 34.2 Å². The van der Waals surface area contributed by atoms with Crippen LogP contribution in [-0.2, 0) is 4.79 Å². The van der Waals surface area contributed by atoms with E-state index in [-0.39, 0.29) is 17.2 Å². The largest absolute Gasteiger partial charge is 0.506 e. The van der Waals surface area contributed by atoms with Gasteiger partial charge in [-0.2, -0.15) is 0 Å². The van der Waals surface area contributed by atoms with Gasteiger partial charge in [0.15, 0.2) is 0 Å². The molecule has 0 atom stereocenters. The standard InChI is InChI=1S/C18H16ClIN2O2/c1-22(2)18(24)15(11-21-13-9-7-12(20)8-10-13)17(23)14-5-3-4-6-16(14)19/h3-11,23H,1-2H3. The molecule has 0 radical (unpaired) electrons. The maximum Gasteiger partial charge on any atom is 0.258 e. The van der Waals surface area contributed by atoms with Crippen molar-refractivity contribution in [1.82, 2.24) is 4.90 Å². The molecule has 0 heterocycles. The van der Waals surface area contributed by atoms with Crippen LogP contribution in [0.2, 0.25) is 5.02 Å². The summed E-state index contributed by atoms with van der Waals surface area (Å²) in [6, 6.07) is 14.3. The molecule has 0 saturated carbocycles. The number of likely N-dealkylation sites (N-methyl/N-ethyl adjacent to an activating group) is 1. The molecule has 0 aliphatic rings. The fourth-order valence-corrected chi connectivity index (χ4v) is 2.51. The molecule has 0 spiro atoms. The highest BCUT2D eigenvalue weighted by Crippen LogP contribution is 2.25. The molecule has 0 aliphatic carbocycles. The summed E-state index contributed by atoms with van der Waals surface area (Å²) in [5.41, 5.74) is 1.15. The average molecular weight is 455 g/mol. The quantitative estimate of drug-likeness (QED) is 0.315. The second-order valence-electron chi connectivity index (χ2n) is 5.18. The Hall–Kier alpha value is -1.86. The van der Waals surface area contributed by atoms with Crippen LogP contribution in [0.3, 0.4) is 0 Å². The zero-order valence-corrected chi connectivity index (χ0v) is 16.1. The van der Waals surface area contributed by atoms with Crippen molar-refractivity contribution in [3.05, 3.63) is 68.3 Å². The topological polar surface area (TPSA) is 52.9 Å². The summed E-state index contributed by atoms with van der Waals surface area (Å²) in [5, 5.41) is 10.9. The SMILES string of the molecule is CN(C)C(=O)C(C=Nc1ccc(I)cc1)=C(O)c1ccccc1Cl. The van der Waals surface area contributed by atoms with Gasteiger partial charge in [-0.25, -0.2) is 0 Å². The van der Waals surface area contributed by atoms with Gasteiger partial charge in [-0.3, -0.25) is 9.79 Å². The number of carbonyl (C=O) groups excluding carboxylic acids is 1. The lowest BCUT2D eigenvalue weighted by Crippen LogP contribution is -2.25. The van der Waals surface area contributed by atoms with E-state index in [9.17, 15) is 9.90 Å². The van der Waals surface area contributed by atoms with Gasteiger partial charge >= 0.3 is 0 Å². The number of hydrogen-bond donors (Lipinski definition) is 1. The van der Waals surface area contributed by atoms with Gasteiger partial charge in [-0.05, 0) is 59.0 Å². The molecule has 1 N–H and O–H groups in total. The molecule has 0 bridgehead atoms. The second kappa shape index (κ2) is 8.30. The Morgan fingerprint density at radius 1 is 1.17 bits per heavy atom. The average Bonchev–Trinajstić information content (AvgIpc) is 2.56. The Morgan fingerprint density at radius 2 is 1.79 bits per heavy atom. The van der Waals surface area contributed by atoms with Gasteiger partial charge < -0.3 is 10.0 Å². The summed E-state index contributed by atoms with van der Waals surface area (Å²) in [5.74, 6) is -0.560. The molecule has 24 heavy (non-hydrogen) atoms. The lowest BCUT2D eigenvalue weighted by Gasteiger charge is -2.13. The molecule has 0 aromatic heterocycles. The van der Waals surface area contributed by atoms with Crippen molar-refractivity contribution < 1.29 is 9.90 Å². The number of benzene rings is 2. The van der Waals surface area contributed by atoms with Crippen LogP contribution in [0.4, 0.5) is 5.69 Å². The number of nitrogens with zero attached hydrogens (tertiary/aromatic N) is 2. The second-order valence-corrected chi connectivity index (χ2v) is 6.83. The fraction of sp³-hybridized carbons (Fsp3) is 0.111. The number of rotatable bonds is 4. The maximum atomic E-state index is 12.4. The minimum absolute atomic E-state index is 0.0756. The molecular weight excluding hydrogens is 439 g/mol. The van der Waals surface area contributed by atoms with Gasteiger partial charge in [-0.1, -0.05) is 23.7 Å². The highest BCUT2D eigenvalue weighted by Gasteiger charge is 2.18. The van der Waals surface area contributed by atoms with Crippen molar-refractivity contribution in [2.45, 2.75) is 0 Å². The van der Waals surface area contributed by atoms with Gasteiger partial charge in [-0.15, -0.1) is 0 Å². The smallest absolute Gasteiger partial charge is 0.258 e. The molecule has 0 aliphatic heterocycles. The lowest BCUT2D eigenvalue weighted by atomic mass is 10.1. The maximum absolute atomic E-state index is 12.4. The first-order valence-corrected chi connectivity index (χ1v) is 8.55. The summed E-state index contributed by atoms with van der Waals surface area (Å²) in [6.45, 7) is 0. The number of carbonyl (C=O) groups is 1. The van der Waals surface area contributed by atoms with Gasteiger partial charge in [0.25, 0.3) is 5.91 Å². The Labute approximate surface area is 159 Å². The van der Waals surface area contributed by atoms with Crippen molar-refractivity contribution in [1.29, 1.82) is 0 Å². The highest BCUT2D eigenvalue weighted by molar-refractivity contribution is 14.1. The van der Waals surface area contributed by atoms with Crippen LogP contribution in [0, 0.1) is 3.57 Å². The normalized spacial score (nSPS) is 12.2. The van der Waals surface area contributed by atoms with Crippen LogP contribution in [0.5, 0.6) is 0 Å². The Kier molecular flexibility index (Phi) is 6.39. The van der Waals surface area contributed by atoms with E-state index < -0.39 is 0 Å². The third kappa shape index (κ3) is 4.58. The van der Waals surface area contributed by atoms with E-state index in [1.165, 1.54) is 11.1 Å². The molecule has 2 aromatic rings. The van der Waals surface area contributed by atoms with Gasteiger partial charge in [0.2, 0.25) is 0 Å². The first kappa shape index (κ1) is 18.5. The highest BCUT2D eigenvalue weighted by atomic mass is 127. The molecule has 0 fully saturated rings. The van der Waals surface area contributed by atoms with E-state index in [4.69, 9.17) is 11.6 Å². The lowest BCUT2D eigenvalue weighted by molar-refractivity contribution is -0.124. The van der Waals surface area contributed by atoms with Gasteiger partial charge in [0.05, 0.1) is 10.7 Å². The number of hydrogen-bond acceptors (Lipinski definition) is 3. The molecule has 2 rings (SSSR count). The zero-order valence-electron chi connectivity index (χ0n) is 13.2. The summed E-state index contributed by atoms with van der Waals surface area (Å²) < 4.78 is 1.09. The third-order valence-electron chi connectivity index (χ3n) is 3.19. The van der Waals surface area contributed by atoms with Crippen LogP contribution in [0.1, 0.15) is 5.56 Å². The Bertz CT molecular complexity index is 799. The van der Waals surface area contributed by atoms with E-state index in [1.54, 1.807) is 38.4 Å². The minimum Gasteiger partial charge on any atom is -0.506 e. The molecule has 0 saturated heterocycles. The van der Waals surface area contributed by atoms with E-state index in [0.29, 0.717) is 16.3 Å². The van der Waals surface area contributed by atoms with Crippen LogP contribution in [0.15, 0.2) is 59.1 Å². The predicted molar refractivity (Wildman–Crippen MR) is 107 cm³/mol. The van der Waals surface area contributed by atoms with Crippen LogP contribution < -0.4 is 0 Å². The monoisotopic (exact) mass is 454 g/mol. The summed E-state index contributed by atoms with van der Waals surface area (Å²) >= 11 is 8.32. The summed E-state index contributed by atoms with van der Waals surface area (Å²) in [6.07, 6.45) is 1.36. The Morgan fingerprint density at radius 3 is 2.38 bits per heavy atom. The summed E-state index contributed by atoms with van der Waals surface area (Å²) in [7, 11) is 3.22. The van der Waals surface area contributed by atoms with E-state index >= 15 is 0 Å². The van der Waals surface area contributed by atoms with E-state index in [2.05, 4.69) is 27.6 Å². The first-order chi connectivity index (χ1) is 11.4. The molecule has 0 unspecified atom stereocenters. The van der Waals surface area contributed by atoms with Crippen molar-refractivity contribution >= 4 is 57.8 Å². The number of aliphatic imine (C=N–C) groups is 1. The van der Waals surface area contributed by atoms with Crippen molar-refractivity contribution in [3.63, 3.8) is 0 Å². The molecule has 4 nitrogen and oxygen atoms in total. The van der Waals surface area contributed by atoms with Crippen molar-refractivity contribution in [2.75, 3.05) is 14.1 Å². The number of aliphatic hydroxyl groups excluding tert-OH is 1. The molecule has 124 valence electrons. The minimum atomic E-state index is -0.360. The predicted octanol–water partition coefficient (Wildman–Crippen LogP) is 4.70. The molecular formula is C18H16ClIN2O2. The Balaban J connectivity index is 2.49. The van der Waals surface area contributed by atoms with Crippen LogP contribution in [0.25, 0.3) is 5.76 Å². The summed E-state index contributed by atoms with van der Waals surface area (Å²) in [4.78, 5) is 18.1. The number of amides is 1. The van der Waals surface area contributed by atoms with Crippen molar-refractivity contribution in [2.24, 2.45) is 4.99 Å². The zero-order chi connectivity index (χ0) is 17.7. The van der Waals surface area contributed by atoms with Crippen molar-refractivity contribution in [3.8, 4) is 0 Å². The van der Waals surface area contributed by atoms with E-state index in [1.807, 2.05) is 24.3 Å². The van der Waals surface area contributed by atoms with Gasteiger partial charge in [0.1, 0.15) is 11.3 Å². The van der Waals surface area contributed by atoms with Crippen LogP contribution in [-0.4, -0.2) is 36.2 Å². The van der Waals surface area contributed by atoms with Gasteiger partial charge in [0, 0.05) is 29.4 Å². The molecule has 2 aromatic carbocycles. The molecule has 6 heteroatoms. The number of halogens is 2. The first-order valence-electron chi connectivity index (χ1n) is 7.09.